The second-order valence-electron chi connectivity index (χ2n) is 4.16. The van der Waals surface area contributed by atoms with Gasteiger partial charge in [-0.05, 0) is 37.6 Å². The number of carbonyl (C=O) groups is 2. The SMILES string of the molecule is CCOC(=O)CCCCC(OC(C)=O)c1cccs1. The van der Waals surface area contributed by atoms with Crippen molar-refractivity contribution in [3.63, 3.8) is 0 Å². The van der Waals surface area contributed by atoms with Gasteiger partial charge in [0.1, 0.15) is 6.10 Å². The van der Waals surface area contributed by atoms with E-state index < -0.39 is 0 Å². The van der Waals surface area contributed by atoms with Crippen molar-refractivity contribution in [1.82, 2.24) is 0 Å². The highest BCUT2D eigenvalue weighted by atomic mass is 32.1. The van der Waals surface area contributed by atoms with Crippen LogP contribution in [0.15, 0.2) is 17.5 Å². The fourth-order valence-corrected chi connectivity index (χ4v) is 2.56. The van der Waals surface area contributed by atoms with E-state index in [-0.39, 0.29) is 18.0 Å². The molecule has 5 heteroatoms. The van der Waals surface area contributed by atoms with E-state index in [1.54, 1.807) is 18.3 Å². The highest BCUT2D eigenvalue weighted by molar-refractivity contribution is 7.10. The summed E-state index contributed by atoms with van der Waals surface area (Å²) in [4.78, 5) is 23.3. The van der Waals surface area contributed by atoms with Crippen LogP contribution in [0.4, 0.5) is 0 Å². The normalized spacial score (nSPS) is 11.9. The van der Waals surface area contributed by atoms with Crippen molar-refractivity contribution in [3.8, 4) is 0 Å². The molecule has 106 valence electrons. The van der Waals surface area contributed by atoms with Crippen molar-refractivity contribution in [2.45, 2.75) is 45.6 Å². The molecule has 0 radical (unpaired) electrons. The Hall–Kier alpha value is -1.36. The van der Waals surface area contributed by atoms with Crippen LogP contribution in [-0.4, -0.2) is 18.5 Å². The third-order valence-electron chi connectivity index (χ3n) is 2.57. The van der Waals surface area contributed by atoms with E-state index in [0.717, 1.165) is 24.1 Å². The first-order valence-corrected chi connectivity index (χ1v) is 7.37. The summed E-state index contributed by atoms with van der Waals surface area (Å²) in [5.41, 5.74) is 0. The summed E-state index contributed by atoms with van der Waals surface area (Å²) in [6.07, 6.45) is 2.54. The predicted octanol–water partition coefficient (Wildman–Crippen LogP) is 3.48. The van der Waals surface area contributed by atoms with E-state index in [1.807, 2.05) is 17.5 Å². The van der Waals surface area contributed by atoms with E-state index in [4.69, 9.17) is 9.47 Å². The minimum atomic E-state index is -0.274. The molecule has 0 fully saturated rings. The lowest BCUT2D eigenvalue weighted by molar-refractivity contribution is -0.147. The van der Waals surface area contributed by atoms with Crippen LogP contribution in [0.1, 0.15) is 50.5 Å². The van der Waals surface area contributed by atoms with Crippen LogP contribution in [0, 0.1) is 0 Å². The third kappa shape index (κ3) is 6.38. The Balaban J connectivity index is 2.33. The average molecular weight is 284 g/mol. The first-order valence-electron chi connectivity index (χ1n) is 6.49. The van der Waals surface area contributed by atoms with Crippen molar-refractivity contribution in [2.24, 2.45) is 0 Å². The van der Waals surface area contributed by atoms with E-state index in [0.29, 0.717) is 13.0 Å². The molecule has 1 aromatic rings. The molecule has 0 amide bonds. The summed E-state index contributed by atoms with van der Waals surface area (Å²) in [5.74, 6) is -0.438. The number of esters is 2. The summed E-state index contributed by atoms with van der Waals surface area (Å²) in [6.45, 7) is 3.63. The first kappa shape index (κ1) is 15.7. The summed E-state index contributed by atoms with van der Waals surface area (Å²) in [7, 11) is 0. The van der Waals surface area contributed by atoms with Crippen LogP contribution in [0.25, 0.3) is 0 Å². The van der Waals surface area contributed by atoms with Gasteiger partial charge in [0.15, 0.2) is 0 Å². The highest BCUT2D eigenvalue weighted by Crippen LogP contribution is 2.27. The fraction of sp³-hybridized carbons (Fsp3) is 0.571. The summed E-state index contributed by atoms with van der Waals surface area (Å²) in [5, 5.41) is 1.96. The molecule has 0 bridgehead atoms. The van der Waals surface area contributed by atoms with Crippen molar-refractivity contribution < 1.29 is 19.1 Å². The van der Waals surface area contributed by atoms with Gasteiger partial charge in [-0.25, -0.2) is 0 Å². The first-order chi connectivity index (χ1) is 9.13. The van der Waals surface area contributed by atoms with Gasteiger partial charge < -0.3 is 9.47 Å². The van der Waals surface area contributed by atoms with Gasteiger partial charge in [-0.15, -0.1) is 11.3 Å². The van der Waals surface area contributed by atoms with Gasteiger partial charge in [-0.3, -0.25) is 9.59 Å². The van der Waals surface area contributed by atoms with Crippen molar-refractivity contribution in [3.05, 3.63) is 22.4 Å². The van der Waals surface area contributed by atoms with Crippen LogP contribution in [0.5, 0.6) is 0 Å². The van der Waals surface area contributed by atoms with Gasteiger partial charge in [0.05, 0.1) is 6.61 Å². The molecular weight excluding hydrogens is 264 g/mol. The molecule has 0 saturated heterocycles. The molecule has 19 heavy (non-hydrogen) atoms. The van der Waals surface area contributed by atoms with Crippen molar-refractivity contribution in [1.29, 1.82) is 0 Å². The molecule has 1 heterocycles. The molecule has 0 aliphatic carbocycles. The quantitative estimate of drug-likeness (QED) is 0.542. The van der Waals surface area contributed by atoms with Gasteiger partial charge in [-0.2, -0.15) is 0 Å². The Labute approximate surface area is 117 Å². The van der Waals surface area contributed by atoms with Crippen LogP contribution < -0.4 is 0 Å². The van der Waals surface area contributed by atoms with E-state index >= 15 is 0 Å². The fourth-order valence-electron chi connectivity index (χ4n) is 1.77. The zero-order chi connectivity index (χ0) is 14.1. The molecule has 4 nitrogen and oxygen atoms in total. The second-order valence-corrected chi connectivity index (χ2v) is 5.14. The molecule has 1 unspecified atom stereocenters. The highest BCUT2D eigenvalue weighted by Gasteiger charge is 2.15. The molecule has 0 N–H and O–H groups in total. The van der Waals surface area contributed by atoms with E-state index in [2.05, 4.69) is 0 Å². The maximum atomic E-state index is 11.2. The Morgan fingerprint density at radius 3 is 2.74 bits per heavy atom. The standard InChI is InChI=1S/C14H20O4S/c1-3-17-14(16)9-5-4-7-12(18-11(2)15)13-8-6-10-19-13/h6,8,10,12H,3-5,7,9H2,1-2H3. The van der Waals surface area contributed by atoms with Crippen LogP contribution in [0.2, 0.25) is 0 Å². The topological polar surface area (TPSA) is 52.6 Å². The van der Waals surface area contributed by atoms with Gasteiger partial charge in [0.25, 0.3) is 0 Å². The second kappa shape index (κ2) is 8.69. The largest absolute Gasteiger partial charge is 0.466 e. The van der Waals surface area contributed by atoms with Gasteiger partial charge >= 0.3 is 11.9 Å². The van der Waals surface area contributed by atoms with E-state index in [9.17, 15) is 9.59 Å². The smallest absolute Gasteiger partial charge is 0.305 e. The average Bonchev–Trinajstić information content (AvgIpc) is 2.86. The molecule has 1 aromatic heterocycles. The number of ether oxygens (including phenoxy) is 2. The zero-order valence-corrected chi connectivity index (χ0v) is 12.2. The zero-order valence-electron chi connectivity index (χ0n) is 11.4. The Morgan fingerprint density at radius 2 is 2.16 bits per heavy atom. The number of thiophene rings is 1. The van der Waals surface area contributed by atoms with Crippen molar-refractivity contribution >= 4 is 23.3 Å². The Bertz CT molecular complexity index is 386. The molecule has 0 spiro atoms. The molecule has 1 atom stereocenters. The molecule has 0 saturated carbocycles. The number of hydrogen-bond donors (Lipinski definition) is 0. The number of rotatable bonds is 8. The predicted molar refractivity (Wildman–Crippen MR) is 73.9 cm³/mol. The third-order valence-corrected chi connectivity index (χ3v) is 3.54. The van der Waals surface area contributed by atoms with E-state index in [1.165, 1.54) is 6.92 Å². The van der Waals surface area contributed by atoms with Gasteiger partial charge in [-0.1, -0.05) is 6.07 Å². The lowest BCUT2D eigenvalue weighted by Gasteiger charge is -2.15. The minimum Gasteiger partial charge on any atom is -0.466 e. The van der Waals surface area contributed by atoms with Gasteiger partial charge in [0.2, 0.25) is 0 Å². The van der Waals surface area contributed by atoms with Crippen LogP contribution >= 0.6 is 11.3 Å². The van der Waals surface area contributed by atoms with Crippen molar-refractivity contribution in [2.75, 3.05) is 6.61 Å². The van der Waals surface area contributed by atoms with Crippen LogP contribution in [0.3, 0.4) is 0 Å². The molecule has 1 rings (SSSR count). The van der Waals surface area contributed by atoms with Gasteiger partial charge in [0, 0.05) is 18.2 Å². The monoisotopic (exact) mass is 284 g/mol. The molecule has 0 aliphatic rings. The molecule has 0 aliphatic heterocycles. The minimum absolute atomic E-state index is 0.164. The Morgan fingerprint density at radius 1 is 1.37 bits per heavy atom. The maximum absolute atomic E-state index is 11.2. The lowest BCUT2D eigenvalue weighted by Crippen LogP contribution is -2.08. The number of unbranched alkanes of at least 4 members (excludes halogenated alkanes) is 1. The Kier molecular flexibility index (Phi) is 7.18. The summed E-state index contributed by atoms with van der Waals surface area (Å²) >= 11 is 1.58. The maximum Gasteiger partial charge on any atom is 0.305 e. The summed E-state index contributed by atoms with van der Waals surface area (Å²) < 4.78 is 10.2. The number of carbonyl (C=O) groups excluding carboxylic acids is 2. The molecule has 0 aromatic carbocycles. The molecular formula is C14H20O4S. The van der Waals surface area contributed by atoms with Crippen LogP contribution in [-0.2, 0) is 19.1 Å². The summed E-state index contributed by atoms with van der Waals surface area (Å²) in [6, 6.07) is 3.90. The lowest BCUT2D eigenvalue weighted by atomic mass is 10.1. The number of hydrogen-bond acceptors (Lipinski definition) is 5.